The van der Waals surface area contributed by atoms with Crippen LogP contribution in [0.1, 0.15) is 24.0 Å². The number of rotatable bonds is 3. The second-order valence-electron chi connectivity index (χ2n) is 5.65. The molecule has 0 amide bonds. The minimum atomic E-state index is -4.27. The van der Waals surface area contributed by atoms with E-state index in [-0.39, 0.29) is 0 Å². The Morgan fingerprint density at radius 3 is 2.60 bits per heavy atom. The van der Waals surface area contributed by atoms with E-state index in [2.05, 4.69) is 5.32 Å². The summed E-state index contributed by atoms with van der Waals surface area (Å²) >= 11 is 0. The van der Waals surface area contributed by atoms with Gasteiger partial charge in [-0.2, -0.15) is 13.2 Å². The van der Waals surface area contributed by atoms with Crippen LogP contribution in [0, 0.1) is 5.92 Å². The summed E-state index contributed by atoms with van der Waals surface area (Å²) < 4.78 is 38.6. The first-order chi connectivity index (χ1) is 9.38. The number of piperidine rings is 1. The van der Waals surface area contributed by atoms with Crippen molar-refractivity contribution in [3.8, 4) is 0 Å². The van der Waals surface area contributed by atoms with Crippen LogP contribution in [0.5, 0.6) is 0 Å². The Labute approximate surface area is 118 Å². The lowest BCUT2D eigenvalue weighted by molar-refractivity contribution is -0.137. The summed E-state index contributed by atoms with van der Waals surface area (Å²) in [5.41, 5.74) is 1.11. The van der Waals surface area contributed by atoms with Gasteiger partial charge >= 0.3 is 6.18 Å². The van der Waals surface area contributed by atoms with Crippen LogP contribution in [0.15, 0.2) is 18.2 Å². The van der Waals surface area contributed by atoms with Crippen molar-refractivity contribution in [3.05, 3.63) is 29.3 Å². The van der Waals surface area contributed by atoms with Gasteiger partial charge in [0.1, 0.15) is 0 Å². The number of alkyl halides is 3. The molecule has 1 saturated heterocycles. The maximum Gasteiger partial charge on any atom is 0.416 e. The quantitative estimate of drug-likeness (QED) is 0.917. The first-order valence-electron chi connectivity index (χ1n) is 6.96. The van der Waals surface area contributed by atoms with E-state index in [0.29, 0.717) is 12.3 Å². The molecule has 0 saturated carbocycles. The minimum absolute atomic E-state index is 0.422. The molecule has 1 aliphatic rings. The molecule has 0 bridgehead atoms. The fraction of sp³-hybridized carbons (Fsp3) is 0.600. The number of hydrogen-bond acceptors (Lipinski definition) is 2. The minimum Gasteiger partial charge on any atom is -0.377 e. The smallest absolute Gasteiger partial charge is 0.377 e. The third kappa shape index (κ3) is 3.66. The van der Waals surface area contributed by atoms with Gasteiger partial charge in [-0.05, 0) is 62.0 Å². The highest BCUT2D eigenvalue weighted by molar-refractivity contribution is 5.54. The number of hydrogen-bond donors (Lipinski definition) is 1. The lowest BCUT2D eigenvalue weighted by atomic mass is 9.90. The molecular formula is C15H21F3N2. The largest absolute Gasteiger partial charge is 0.416 e. The van der Waals surface area contributed by atoms with E-state index in [9.17, 15) is 13.2 Å². The molecule has 0 radical (unpaired) electrons. The molecule has 2 rings (SSSR count). The molecule has 1 aliphatic heterocycles. The zero-order valence-electron chi connectivity index (χ0n) is 11.9. The molecule has 1 fully saturated rings. The topological polar surface area (TPSA) is 15.3 Å². The summed E-state index contributed by atoms with van der Waals surface area (Å²) in [6, 6.07) is 4.05. The number of halogens is 3. The van der Waals surface area contributed by atoms with Crippen LogP contribution in [-0.2, 0) is 12.6 Å². The maximum atomic E-state index is 12.9. The highest BCUT2D eigenvalue weighted by Gasteiger charge is 2.31. The van der Waals surface area contributed by atoms with Crippen molar-refractivity contribution >= 4 is 5.69 Å². The summed E-state index contributed by atoms with van der Waals surface area (Å²) in [6.45, 7) is 1.91. The Balaban J connectivity index is 2.26. The van der Waals surface area contributed by atoms with E-state index in [4.69, 9.17) is 0 Å². The van der Waals surface area contributed by atoms with Gasteiger partial charge < -0.3 is 10.2 Å². The lowest BCUT2D eigenvalue weighted by Gasteiger charge is -2.26. The predicted octanol–water partition coefficient (Wildman–Crippen LogP) is 3.31. The summed E-state index contributed by atoms with van der Waals surface area (Å²) in [6.07, 6.45) is -1.40. The van der Waals surface area contributed by atoms with E-state index < -0.39 is 11.7 Å². The molecule has 0 spiro atoms. The number of nitrogens with one attached hydrogen (secondary N) is 1. The number of nitrogens with zero attached hydrogens (tertiary/aromatic N) is 1. The van der Waals surface area contributed by atoms with E-state index >= 15 is 0 Å². The van der Waals surface area contributed by atoms with Gasteiger partial charge in [0.05, 0.1) is 5.56 Å². The highest BCUT2D eigenvalue weighted by Crippen LogP contribution is 2.33. The van der Waals surface area contributed by atoms with Gasteiger partial charge in [-0.15, -0.1) is 0 Å². The van der Waals surface area contributed by atoms with Crippen molar-refractivity contribution in [3.63, 3.8) is 0 Å². The Morgan fingerprint density at radius 2 is 2.05 bits per heavy atom. The van der Waals surface area contributed by atoms with Crippen LogP contribution < -0.4 is 10.2 Å². The fourth-order valence-corrected chi connectivity index (χ4v) is 2.77. The second-order valence-corrected chi connectivity index (χ2v) is 5.65. The van der Waals surface area contributed by atoms with Crippen LogP contribution in [-0.4, -0.2) is 27.2 Å². The van der Waals surface area contributed by atoms with Gasteiger partial charge in [0.15, 0.2) is 0 Å². The summed E-state index contributed by atoms with van der Waals surface area (Å²) in [7, 11) is 3.73. The van der Waals surface area contributed by atoms with Gasteiger partial charge in [-0.25, -0.2) is 0 Å². The SMILES string of the molecule is CN(C)c1ccc(C(F)(F)F)cc1CC1CCCNC1. The molecule has 112 valence electrons. The van der Waals surface area contributed by atoms with Crippen LogP contribution in [0.2, 0.25) is 0 Å². The average Bonchev–Trinajstić information content (AvgIpc) is 2.38. The average molecular weight is 286 g/mol. The van der Waals surface area contributed by atoms with Gasteiger partial charge in [0, 0.05) is 19.8 Å². The van der Waals surface area contributed by atoms with Crippen LogP contribution in [0.3, 0.4) is 0 Å². The van der Waals surface area contributed by atoms with Crippen LogP contribution in [0.25, 0.3) is 0 Å². The van der Waals surface area contributed by atoms with E-state index in [1.165, 1.54) is 6.07 Å². The van der Waals surface area contributed by atoms with E-state index in [0.717, 1.165) is 43.2 Å². The van der Waals surface area contributed by atoms with Gasteiger partial charge in [0.25, 0.3) is 0 Å². The molecule has 1 aromatic carbocycles. The Morgan fingerprint density at radius 1 is 1.30 bits per heavy atom. The van der Waals surface area contributed by atoms with Crippen LogP contribution >= 0.6 is 0 Å². The highest BCUT2D eigenvalue weighted by atomic mass is 19.4. The summed E-state index contributed by atoms with van der Waals surface area (Å²) in [5.74, 6) is 0.422. The van der Waals surface area contributed by atoms with Crippen molar-refractivity contribution in [2.45, 2.75) is 25.4 Å². The number of anilines is 1. The predicted molar refractivity (Wildman–Crippen MR) is 75.1 cm³/mol. The maximum absolute atomic E-state index is 12.9. The summed E-state index contributed by atoms with van der Waals surface area (Å²) in [5, 5.41) is 3.31. The van der Waals surface area contributed by atoms with Crippen molar-refractivity contribution in [1.82, 2.24) is 5.32 Å². The van der Waals surface area contributed by atoms with Crippen molar-refractivity contribution in [2.24, 2.45) is 5.92 Å². The van der Waals surface area contributed by atoms with E-state index in [1.807, 2.05) is 19.0 Å². The first kappa shape index (κ1) is 15.2. The molecule has 1 unspecified atom stereocenters. The van der Waals surface area contributed by atoms with Gasteiger partial charge in [-0.3, -0.25) is 0 Å². The molecule has 1 N–H and O–H groups in total. The molecule has 2 nitrogen and oxygen atoms in total. The zero-order chi connectivity index (χ0) is 14.8. The first-order valence-corrected chi connectivity index (χ1v) is 6.96. The molecule has 1 aromatic rings. The van der Waals surface area contributed by atoms with Crippen LogP contribution in [0.4, 0.5) is 18.9 Å². The Hall–Kier alpha value is -1.23. The molecule has 20 heavy (non-hydrogen) atoms. The fourth-order valence-electron chi connectivity index (χ4n) is 2.77. The van der Waals surface area contributed by atoms with Crippen molar-refractivity contribution in [2.75, 3.05) is 32.1 Å². The normalized spacial score (nSPS) is 19.9. The molecular weight excluding hydrogens is 265 g/mol. The Kier molecular flexibility index (Phi) is 4.58. The second kappa shape index (κ2) is 6.04. The zero-order valence-corrected chi connectivity index (χ0v) is 11.9. The molecule has 5 heteroatoms. The standard InChI is InChI=1S/C15H21F3N2/c1-20(2)14-6-5-13(15(16,17)18)9-12(14)8-11-4-3-7-19-10-11/h5-6,9,11,19H,3-4,7-8,10H2,1-2H3. The van der Waals surface area contributed by atoms with Gasteiger partial charge in [-0.1, -0.05) is 0 Å². The van der Waals surface area contributed by atoms with Gasteiger partial charge in [0.2, 0.25) is 0 Å². The van der Waals surface area contributed by atoms with E-state index in [1.54, 1.807) is 6.07 Å². The Bertz CT molecular complexity index is 449. The number of benzene rings is 1. The lowest BCUT2D eigenvalue weighted by Crippen LogP contribution is -2.31. The molecule has 0 aliphatic carbocycles. The van der Waals surface area contributed by atoms with Crippen molar-refractivity contribution < 1.29 is 13.2 Å². The van der Waals surface area contributed by atoms with Crippen molar-refractivity contribution in [1.29, 1.82) is 0 Å². The monoisotopic (exact) mass is 286 g/mol. The third-order valence-corrected chi connectivity index (χ3v) is 3.80. The summed E-state index contributed by atoms with van der Waals surface area (Å²) in [4.78, 5) is 1.88. The third-order valence-electron chi connectivity index (χ3n) is 3.80. The molecule has 1 heterocycles. The molecule has 0 aromatic heterocycles. The molecule has 1 atom stereocenters.